The van der Waals surface area contributed by atoms with Gasteiger partial charge in [-0.3, -0.25) is 4.79 Å². The molecule has 3 rings (SSSR count). The molecule has 1 amide bonds. The lowest BCUT2D eigenvalue weighted by molar-refractivity contribution is -0.128. The van der Waals surface area contributed by atoms with Crippen LogP contribution in [0.2, 0.25) is 0 Å². The molecule has 0 spiro atoms. The molecule has 0 radical (unpaired) electrons. The molecule has 0 aromatic heterocycles. The molecule has 2 aromatic carbocycles. The Morgan fingerprint density at radius 2 is 1.75 bits per heavy atom. The number of hydrogen-bond acceptors (Lipinski definition) is 3. The van der Waals surface area contributed by atoms with Gasteiger partial charge in [-0.15, -0.1) is 0 Å². The summed E-state index contributed by atoms with van der Waals surface area (Å²) in [5.41, 5.74) is 5.22. The predicted octanol–water partition coefficient (Wildman–Crippen LogP) is 4.53. The van der Waals surface area contributed by atoms with Gasteiger partial charge in [0.2, 0.25) is 0 Å². The van der Waals surface area contributed by atoms with Crippen LogP contribution in [0.25, 0.3) is 0 Å². The van der Waals surface area contributed by atoms with Crippen LogP contribution in [-0.4, -0.2) is 25.2 Å². The highest BCUT2D eigenvalue weighted by atomic mass is 16.5. The second-order valence-electron chi connectivity index (χ2n) is 7.54. The van der Waals surface area contributed by atoms with E-state index in [0.717, 1.165) is 24.3 Å². The standard InChI is InChI=1S/C24H31NO3/c1-4-23(28-22-12-10-19-7-5-6-8-20(19)16-22)24(26)25-13-14-27-21-11-9-17(2)18(3)15-21/h9-12,15-16,23H,4-8,13-14H2,1-3H3,(H,25,26). The third kappa shape index (κ3) is 5.28. The molecule has 28 heavy (non-hydrogen) atoms. The molecule has 1 aliphatic rings. The summed E-state index contributed by atoms with van der Waals surface area (Å²) in [7, 11) is 0. The van der Waals surface area contributed by atoms with E-state index in [1.807, 2.05) is 31.2 Å². The molecule has 2 aromatic rings. The maximum absolute atomic E-state index is 12.5. The number of rotatable bonds is 8. The molecule has 4 heteroatoms. The molecule has 0 saturated carbocycles. The first-order valence-corrected chi connectivity index (χ1v) is 10.3. The van der Waals surface area contributed by atoms with Crippen molar-refractivity contribution in [3.8, 4) is 11.5 Å². The highest BCUT2D eigenvalue weighted by molar-refractivity contribution is 5.81. The molecule has 0 fully saturated rings. The van der Waals surface area contributed by atoms with Gasteiger partial charge in [0.1, 0.15) is 18.1 Å². The minimum atomic E-state index is -0.483. The normalized spacial score (nSPS) is 14.1. The third-order valence-corrected chi connectivity index (χ3v) is 5.41. The van der Waals surface area contributed by atoms with Gasteiger partial charge in [-0.2, -0.15) is 0 Å². The summed E-state index contributed by atoms with van der Waals surface area (Å²) in [6.45, 7) is 6.99. The summed E-state index contributed by atoms with van der Waals surface area (Å²) in [6.07, 6.45) is 4.88. The topological polar surface area (TPSA) is 47.6 Å². The zero-order valence-corrected chi connectivity index (χ0v) is 17.2. The summed E-state index contributed by atoms with van der Waals surface area (Å²) in [5.74, 6) is 1.52. The Morgan fingerprint density at radius 3 is 2.50 bits per heavy atom. The Morgan fingerprint density at radius 1 is 1.00 bits per heavy atom. The van der Waals surface area contributed by atoms with Crippen molar-refractivity contribution in [2.24, 2.45) is 0 Å². The molecule has 0 bridgehead atoms. The summed E-state index contributed by atoms with van der Waals surface area (Å²) in [5, 5.41) is 2.92. The van der Waals surface area contributed by atoms with Crippen molar-refractivity contribution in [1.82, 2.24) is 5.32 Å². The third-order valence-electron chi connectivity index (χ3n) is 5.41. The van der Waals surface area contributed by atoms with Crippen molar-refractivity contribution < 1.29 is 14.3 Å². The number of carbonyl (C=O) groups excluding carboxylic acids is 1. The molecule has 1 aliphatic carbocycles. The van der Waals surface area contributed by atoms with Gasteiger partial charge in [0.25, 0.3) is 5.91 Å². The molecular weight excluding hydrogens is 350 g/mol. The van der Waals surface area contributed by atoms with E-state index in [1.54, 1.807) is 0 Å². The van der Waals surface area contributed by atoms with Gasteiger partial charge in [0, 0.05) is 0 Å². The van der Waals surface area contributed by atoms with Crippen molar-refractivity contribution in [2.45, 2.75) is 59.0 Å². The summed E-state index contributed by atoms with van der Waals surface area (Å²) in [6, 6.07) is 12.3. The van der Waals surface area contributed by atoms with Gasteiger partial charge in [-0.1, -0.05) is 19.1 Å². The minimum absolute atomic E-state index is 0.0936. The number of carbonyl (C=O) groups is 1. The number of nitrogens with one attached hydrogen (secondary N) is 1. The van der Waals surface area contributed by atoms with Crippen molar-refractivity contribution in [2.75, 3.05) is 13.2 Å². The average Bonchev–Trinajstić information content (AvgIpc) is 2.71. The molecular formula is C24H31NO3. The van der Waals surface area contributed by atoms with E-state index in [1.165, 1.54) is 35.1 Å². The van der Waals surface area contributed by atoms with Crippen LogP contribution in [0.15, 0.2) is 36.4 Å². The minimum Gasteiger partial charge on any atom is -0.492 e. The summed E-state index contributed by atoms with van der Waals surface area (Å²) in [4.78, 5) is 12.5. The second kappa shape index (κ2) is 9.63. The van der Waals surface area contributed by atoms with Crippen LogP contribution in [0.5, 0.6) is 11.5 Å². The molecule has 1 N–H and O–H groups in total. The molecule has 0 aliphatic heterocycles. The number of aryl methyl sites for hydroxylation is 4. The SMILES string of the molecule is CCC(Oc1ccc2c(c1)CCCC2)C(=O)NCCOc1ccc(C)c(C)c1. The summed E-state index contributed by atoms with van der Waals surface area (Å²) >= 11 is 0. The molecule has 0 saturated heterocycles. The zero-order valence-electron chi connectivity index (χ0n) is 17.2. The Bertz CT molecular complexity index is 815. The average molecular weight is 382 g/mol. The molecule has 1 atom stereocenters. The van der Waals surface area contributed by atoms with Crippen molar-refractivity contribution in [1.29, 1.82) is 0 Å². The van der Waals surface area contributed by atoms with E-state index in [4.69, 9.17) is 9.47 Å². The number of hydrogen-bond donors (Lipinski definition) is 1. The van der Waals surface area contributed by atoms with Crippen LogP contribution in [-0.2, 0) is 17.6 Å². The van der Waals surface area contributed by atoms with Crippen LogP contribution in [0, 0.1) is 13.8 Å². The molecule has 1 unspecified atom stereocenters. The highest BCUT2D eigenvalue weighted by Crippen LogP contribution is 2.26. The first kappa shape index (κ1) is 20.2. The zero-order chi connectivity index (χ0) is 19.9. The monoisotopic (exact) mass is 381 g/mol. The van der Waals surface area contributed by atoms with Gasteiger partial charge in [0.05, 0.1) is 6.54 Å². The quantitative estimate of drug-likeness (QED) is 0.683. The number of ether oxygens (including phenoxy) is 2. The summed E-state index contributed by atoms with van der Waals surface area (Å²) < 4.78 is 11.7. The molecule has 150 valence electrons. The molecule has 0 heterocycles. The lowest BCUT2D eigenvalue weighted by Crippen LogP contribution is -2.39. The van der Waals surface area contributed by atoms with Crippen LogP contribution < -0.4 is 14.8 Å². The van der Waals surface area contributed by atoms with E-state index < -0.39 is 6.10 Å². The fourth-order valence-corrected chi connectivity index (χ4v) is 3.53. The fraction of sp³-hybridized carbons (Fsp3) is 0.458. The smallest absolute Gasteiger partial charge is 0.261 e. The lowest BCUT2D eigenvalue weighted by Gasteiger charge is -2.20. The number of benzene rings is 2. The fourth-order valence-electron chi connectivity index (χ4n) is 3.53. The predicted molar refractivity (Wildman–Crippen MR) is 112 cm³/mol. The van der Waals surface area contributed by atoms with E-state index in [-0.39, 0.29) is 5.91 Å². The van der Waals surface area contributed by atoms with Crippen molar-refractivity contribution in [3.05, 3.63) is 58.7 Å². The van der Waals surface area contributed by atoms with E-state index >= 15 is 0 Å². The van der Waals surface area contributed by atoms with E-state index in [0.29, 0.717) is 19.6 Å². The van der Waals surface area contributed by atoms with Crippen LogP contribution in [0.4, 0.5) is 0 Å². The largest absolute Gasteiger partial charge is 0.492 e. The van der Waals surface area contributed by atoms with Crippen LogP contribution in [0.1, 0.15) is 48.4 Å². The Labute approximate surface area is 168 Å². The van der Waals surface area contributed by atoms with E-state index in [9.17, 15) is 4.79 Å². The number of fused-ring (bicyclic) bond motifs is 1. The van der Waals surface area contributed by atoms with Crippen molar-refractivity contribution >= 4 is 5.91 Å². The Balaban J connectivity index is 1.47. The Kier molecular flexibility index (Phi) is 6.96. The first-order chi connectivity index (χ1) is 13.6. The maximum atomic E-state index is 12.5. The van der Waals surface area contributed by atoms with Gasteiger partial charge in [-0.05, 0) is 92.5 Å². The van der Waals surface area contributed by atoms with Gasteiger partial charge < -0.3 is 14.8 Å². The van der Waals surface area contributed by atoms with Gasteiger partial charge in [0.15, 0.2) is 6.10 Å². The number of amides is 1. The van der Waals surface area contributed by atoms with Crippen LogP contribution >= 0.6 is 0 Å². The second-order valence-corrected chi connectivity index (χ2v) is 7.54. The first-order valence-electron chi connectivity index (χ1n) is 10.3. The Hall–Kier alpha value is -2.49. The van der Waals surface area contributed by atoms with Crippen molar-refractivity contribution in [3.63, 3.8) is 0 Å². The van der Waals surface area contributed by atoms with Gasteiger partial charge in [-0.25, -0.2) is 0 Å². The van der Waals surface area contributed by atoms with Gasteiger partial charge >= 0.3 is 0 Å². The maximum Gasteiger partial charge on any atom is 0.261 e. The highest BCUT2D eigenvalue weighted by Gasteiger charge is 2.19. The van der Waals surface area contributed by atoms with Crippen LogP contribution in [0.3, 0.4) is 0 Å². The van der Waals surface area contributed by atoms with E-state index in [2.05, 4.69) is 31.3 Å². The molecule has 4 nitrogen and oxygen atoms in total. The lowest BCUT2D eigenvalue weighted by atomic mass is 9.92.